The standard InChI is InChI=1S/C12H23NO3/c1-8(2)11(12(14)15-5)13-6-9(3)16-10(4)7-13/h8-11H,6-7H2,1-5H3/t9-,10-,11-/m0/s1. The normalized spacial score (nSPS) is 29.1. The zero-order valence-electron chi connectivity index (χ0n) is 10.9. The van der Waals surface area contributed by atoms with Gasteiger partial charge in [0.05, 0.1) is 19.3 Å². The summed E-state index contributed by atoms with van der Waals surface area (Å²) in [6, 6.07) is -0.154. The molecule has 0 aromatic carbocycles. The number of methoxy groups -OCH3 is 1. The van der Waals surface area contributed by atoms with Gasteiger partial charge < -0.3 is 9.47 Å². The Morgan fingerprint density at radius 3 is 2.19 bits per heavy atom. The van der Waals surface area contributed by atoms with E-state index in [2.05, 4.69) is 4.90 Å². The van der Waals surface area contributed by atoms with Crippen molar-refractivity contribution in [1.82, 2.24) is 4.90 Å². The summed E-state index contributed by atoms with van der Waals surface area (Å²) < 4.78 is 10.5. The molecule has 0 saturated carbocycles. The van der Waals surface area contributed by atoms with Crippen LogP contribution in [0.15, 0.2) is 0 Å². The topological polar surface area (TPSA) is 38.8 Å². The van der Waals surface area contributed by atoms with Crippen LogP contribution in [0.5, 0.6) is 0 Å². The van der Waals surface area contributed by atoms with Crippen LogP contribution in [0.4, 0.5) is 0 Å². The largest absolute Gasteiger partial charge is 0.468 e. The maximum Gasteiger partial charge on any atom is 0.323 e. The number of carbonyl (C=O) groups is 1. The van der Waals surface area contributed by atoms with Crippen molar-refractivity contribution in [1.29, 1.82) is 0 Å². The first-order valence-electron chi connectivity index (χ1n) is 5.93. The van der Waals surface area contributed by atoms with E-state index in [9.17, 15) is 4.79 Å². The van der Waals surface area contributed by atoms with Gasteiger partial charge in [0, 0.05) is 13.1 Å². The Morgan fingerprint density at radius 1 is 1.31 bits per heavy atom. The smallest absolute Gasteiger partial charge is 0.323 e. The van der Waals surface area contributed by atoms with Gasteiger partial charge in [0.25, 0.3) is 0 Å². The first-order chi connectivity index (χ1) is 7.45. The molecule has 1 fully saturated rings. The summed E-state index contributed by atoms with van der Waals surface area (Å²) in [7, 11) is 1.45. The third kappa shape index (κ3) is 3.19. The van der Waals surface area contributed by atoms with Crippen molar-refractivity contribution in [3.63, 3.8) is 0 Å². The van der Waals surface area contributed by atoms with Crippen molar-refractivity contribution < 1.29 is 14.3 Å². The third-order valence-corrected chi connectivity index (χ3v) is 2.92. The zero-order valence-corrected chi connectivity index (χ0v) is 10.9. The molecule has 0 radical (unpaired) electrons. The van der Waals surface area contributed by atoms with Crippen molar-refractivity contribution in [3.8, 4) is 0 Å². The monoisotopic (exact) mass is 229 g/mol. The molecule has 0 N–H and O–H groups in total. The van der Waals surface area contributed by atoms with E-state index in [4.69, 9.17) is 9.47 Å². The SMILES string of the molecule is COC(=O)[C@H](C(C)C)N1C[C@H](C)O[C@@H](C)C1. The molecule has 4 nitrogen and oxygen atoms in total. The quantitative estimate of drug-likeness (QED) is 0.684. The Hall–Kier alpha value is -0.610. The van der Waals surface area contributed by atoms with Crippen LogP contribution in [-0.4, -0.2) is 49.3 Å². The Kier molecular flexibility index (Phi) is 4.74. The molecule has 4 heteroatoms. The maximum absolute atomic E-state index is 11.8. The number of morpholine rings is 1. The molecule has 0 bridgehead atoms. The summed E-state index contributed by atoms with van der Waals surface area (Å²) in [5, 5.41) is 0. The zero-order chi connectivity index (χ0) is 12.3. The minimum atomic E-state index is -0.154. The molecule has 94 valence electrons. The lowest BCUT2D eigenvalue weighted by atomic mass is 10.0. The number of ether oxygens (including phenoxy) is 2. The molecule has 3 atom stereocenters. The number of hydrogen-bond donors (Lipinski definition) is 0. The van der Waals surface area contributed by atoms with Gasteiger partial charge in [0.15, 0.2) is 0 Å². The predicted octanol–water partition coefficient (Wildman–Crippen LogP) is 1.29. The van der Waals surface area contributed by atoms with E-state index >= 15 is 0 Å². The average Bonchev–Trinajstić information content (AvgIpc) is 2.15. The highest BCUT2D eigenvalue weighted by atomic mass is 16.5. The second kappa shape index (κ2) is 5.64. The van der Waals surface area contributed by atoms with E-state index in [0.29, 0.717) is 0 Å². The molecule has 0 amide bonds. The average molecular weight is 229 g/mol. The lowest BCUT2D eigenvalue weighted by molar-refractivity contribution is -0.155. The van der Waals surface area contributed by atoms with Crippen LogP contribution < -0.4 is 0 Å². The number of carbonyl (C=O) groups excluding carboxylic acids is 1. The van der Waals surface area contributed by atoms with Gasteiger partial charge in [-0.05, 0) is 19.8 Å². The fourth-order valence-electron chi connectivity index (χ4n) is 2.41. The van der Waals surface area contributed by atoms with Gasteiger partial charge in [-0.25, -0.2) is 0 Å². The lowest BCUT2D eigenvalue weighted by Crippen LogP contribution is -2.54. The van der Waals surface area contributed by atoms with E-state index in [1.165, 1.54) is 7.11 Å². The van der Waals surface area contributed by atoms with Crippen LogP contribution in [0.25, 0.3) is 0 Å². The second-order valence-corrected chi connectivity index (χ2v) is 4.92. The van der Waals surface area contributed by atoms with Crippen molar-refractivity contribution in [2.24, 2.45) is 5.92 Å². The first-order valence-corrected chi connectivity index (χ1v) is 5.93. The minimum absolute atomic E-state index is 0.142. The Bertz CT molecular complexity index is 232. The van der Waals surface area contributed by atoms with Gasteiger partial charge in [0.2, 0.25) is 0 Å². The summed E-state index contributed by atoms with van der Waals surface area (Å²) in [6.07, 6.45) is 0.351. The summed E-state index contributed by atoms with van der Waals surface area (Å²) in [5.41, 5.74) is 0. The molecule has 0 unspecified atom stereocenters. The van der Waals surface area contributed by atoms with Gasteiger partial charge in [-0.3, -0.25) is 9.69 Å². The van der Waals surface area contributed by atoms with Crippen LogP contribution in [0.1, 0.15) is 27.7 Å². The molecule has 1 aliphatic rings. The maximum atomic E-state index is 11.8. The first kappa shape index (κ1) is 13.5. The van der Waals surface area contributed by atoms with Gasteiger partial charge in [0.1, 0.15) is 6.04 Å². The van der Waals surface area contributed by atoms with E-state index in [1.54, 1.807) is 0 Å². The Labute approximate surface area is 97.9 Å². The highest BCUT2D eigenvalue weighted by Gasteiger charge is 2.34. The van der Waals surface area contributed by atoms with Gasteiger partial charge in [-0.15, -0.1) is 0 Å². The summed E-state index contributed by atoms with van der Waals surface area (Å²) >= 11 is 0. The summed E-state index contributed by atoms with van der Waals surface area (Å²) in [4.78, 5) is 13.9. The number of esters is 1. The van der Waals surface area contributed by atoms with Crippen LogP contribution in [0, 0.1) is 5.92 Å². The number of hydrogen-bond acceptors (Lipinski definition) is 4. The molecule has 0 aliphatic carbocycles. The predicted molar refractivity (Wildman–Crippen MR) is 62.2 cm³/mol. The van der Waals surface area contributed by atoms with Crippen molar-refractivity contribution in [2.45, 2.75) is 45.9 Å². The van der Waals surface area contributed by atoms with Crippen LogP contribution in [0.3, 0.4) is 0 Å². The summed E-state index contributed by atoms with van der Waals surface area (Å²) in [5.74, 6) is 0.112. The molecule has 16 heavy (non-hydrogen) atoms. The molecule has 1 aliphatic heterocycles. The van der Waals surface area contributed by atoms with Crippen LogP contribution in [0.2, 0.25) is 0 Å². The number of rotatable bonds is 3. The Balaban J connectivity index is 2.74. The van der Waals surface area contributed by atoms with Crippen LogP contribution >= 0.6 is 0 Å². The molecule has 0 aromatic rings. The van der Waals surface area contributed by atoms with Gasteiger partial charge >= 0.3 is 5.97 Å². The molecule has 1 saturated heterocycles. The van der Waals surface area contributed by atoms with E-state index in [-0.39, 0.29) is 30.1 Å². The van der Waals surface area contributed by atoms with Crippen molar-refractivity contribution >= 4 is 5.97 Å². The third-order valence-electron chi connectivity index (χ3n) is 2.92. The van der Waals surface area contributed by atoms with Crippen molar-refractivity contribution in [3.05, 3.63) is 0 Å². The highest BCUT2D eigenvalue weighted by molar-refractivity contribution is 5.76. The molecule has 0 aromatic heterocycles. The van der Waals surface area contributed by atoms with Crippen molar-refractivity contribution in [2.75, 3.05) is 20.2 Å². The molecule has 1 rings (SSSR count). The van der Waals surface area contributed by atoms with Gasteiger partial charge in [-0.2, -0.15) is 0 Å². The van der Waals surface area contributed by atoms with Gasteiger partial charge in [-0.1, -0.05) is 13.8 Å². The second-order valence-electron chi connectivity index (χ2n) is 4.92. The van der Waals surface area contributed by atoms with Crippen LogP contribution in [-0.2, 0) is 14.3 Å². The minimum Gasteiger partial charge on any atom is -0.468 e. The van der Waals surface area contributed by atoms with E-state index < -0.39 is 0 Å². The van der Waals surface area contributed by atoms with E-state index in [0.717, 1.165) is 13.1 Å². The molecular weight excluding hydrogens is 206 g/mol. The van der Waals surface area contributed by atoms with E-state index in [1.807, 2.05) is 27.7 Å². The lowest BCUT2D eigenvalue weighted by Gasteiger charge is -2.40. The fraction of sp³-hybridized carbons (Fsp3) is 0.917. The summed E-state index contributed by atoms with van der Waals surface area (Å²) in [6.45, 7) is 9.76. The Morgan fingerprint density at radius 2 is 1.81 bits per heavy atom. The highest BCUT2D eigenvalue weighted by Crippen LogP contribution is 2.19. The number of nitrogens with zero attached hydrogens (tertiary/aromatic N) is 1. The fourth-order valence-corrected chi connectivity index (χ4v) is 2.41. The molecular formula is C12H23NO3. The molecule has 0 spiro atoms. The molecule has 1 heterocycles.